The summed E-state index contributed by atoms with van der Waals surface area (Å²) in [6.45, 7) is 5.79. The molecule has 1 fully saturated rings. The van der Waals surface area contributed by atoms with Crippen molar-refractivity contribution in [1.82, 2.24) is 4.90 Å². The first-order chi connectivity index (χ1) is 9.43. The van der Waals surface area contributed by atoms with Crippen molar-refractivity contribution in [2.45, 2.75) is 45.7 Å². The first-order valence-corrected chi connectivity index (χ1v) is 7.20. The molecule has 0 spiro atoms. The predicted molar refractivity (Wildman–Crippen MR) is 79.8 cm³/mol. The van der Waals surface area contributed by atoms with Crippen LogP contribution in [0.4, 0.5) is 5.69 Å². The van der Waals surface area contributed by atoms with Crippen molar-refractivity contribution in [3.8, 4) is 0 Å². The molecule has 1 aromatic rings. The van der Waals surface area contributed by atoms with Crippen LogP contribution >= 0.6 is 11.6 Å². The van der Waals surface area contributed by atoms with Gasteiger partial charge in [0.15, 0.2) is 0 Å². The molecule has 2 unspecified atom stereocenters. The standard InChI is InChI=1S/C15H19ClN2O2/c1-4-10(3)18-14(19)8-13(15(18)20)17-12-7-11(16)6-5-9(12)2/h5-7,10,13,17H,4,8H2,1-3H3. The number of nitrogens with one attached hydrogen (secondary N) is 1. The van der Waals surface area contributed by atoms with E-state index < -0.39 is 6.04 Å². The fourth-order valence-corrected chi connectivity index (χ4v) is 2.52. The Hall–Kier alpha value is -1.55. The summed E-state index contributed by atoms with van der Waals surface area (Å²) in [7, 11) is 0. The third-order valence-corrected chi connectivity index (χ3v) is 3.98. The number of halogens is 1. The highest BCUT2D eigenvalue weighted by Crippen LogP contribution is 2.25. The average Bonchev–Trinajstić information content (AvgIpc) is 2.68. The quantitative estimate of drug-likeness (QED) is 0.869. The maximum Gasteiger partial charge on any atom is 0.252 e. The van der Waals surface area contributed by atoms with E-state index in [1.807, 2.05) is 26.8 Å². The minimum Gasteiger partial charge on any atom is -0.373 e. The molecule has 4 nitrogen and oxygen atoms in total. The summed E-state index contributed by atoms with van der Waals surface area (Å²) in [6.07, 6.45) is 0.968. The van der Waals surface area contributed by atoms with E-state index in [0.717, 1.165) is 17.7 Å². The lowest BCUT2D eigenvalue weighted by Gasteiger charge is -2.22. The van der Waals surface area contributed by atoms with Gasteiger partial charge < -0.3 is 5.32 Å². The molecule has 2 atom stereocenters. The van der Waals surface area contributed by atoms with Gasteiger partial charge in [0, 0.05) is 16.8 Å². The van der Waals surface area contributed by atoms with Crippen molar-refractivity contribution in [3.63, 3.8) is 0 Å². The first-order valence-electron chi connectivity index (χ1n) is 6.82. The van der Waals surface area contributed by atoms with Gasteiger partial charge in [0.05, 0.1) is 6.42 Å². The smallest absolute Gasteiger partial charge is 0.252 e. The number of hydrogen-bond acceptors (Lipinski definition) is 3. The Morgan fingerprint density at radius 3 is 2.80 bits per heavy atom. The van der Waals surface area contributed by atoms with Crippen LogP contribution in [0.15, 0.2) is 18.2 Å². The van der Waals surface area contributed by atoms with Gasteiger partial charge in [0.25, 0.3) is 5.91 Å². The lowest BCUT2D eigenvalue weighted by molar-refractivity contribution is -0.140. The van der Waals surface area contributed by atoms with E-state index in [1.165, 1.54) is 4.90 Å². The van der Waals surface area contributed by atoms with Gasteiger partial charge in [0.1, 0.15) is 6.04 Å². The average molecular weight is 295 g/mol. The molecule has 108 valence electrons. The van der Waals surface area contributed by atoms with Crippen LogP contribution in [0.2, 0.25) is 5.02 Å². The van der Waals surface area contributed by atoms with E-state index in [4.69, 9.17) is 11.6 Å². The molecule has 0 aromatic heterocycles. The van der Waals surface area contributed by atoms with Crippen LogP contribution in [0.5, 0.6) is 0 Å². The SMILES string of the molecule is CCC(C)N1C(=O)CC(Nc2cc(Cl)ccc2C)C1=O. The first kappa shape index (κ1) is 14.9. The third kappa shape index (κ3) is 2.80. The van der Waals surface area contributed by atoms with Crippen molar-refractivity contribution in [2.24, 2.45) is 0 Å². The maximum absolute atomic E-state index is 12.3. The van der Waals surface area contributed by atoms with Crippen LogP contribution in [0.3, 0.4) is 0 Å². The Morgan fingerprint density at radius 2 is 2.15 bits per heavy atom. The second-order valence-electron chi connectivity index (χ2n) is 5.22. The van der Waals surface area contributed by atoms with Crippen molar-refractivity contribution in [2.75, 3.05) is 5.32 Å². The highest BCUT2D eigenvalue weighted by molar-refractivity contribution is 6.30. The largest absolute Gasteiger partial charge is 0.373 e. The molecule has 1 aromatic carbocycles. The molecular weight excluding hydrogens is 276 g/mol. The molecular formula is C15H19ClN2O2. The van der Waals surface area contributed by atoms with Gasteiger partial charge in [-0.05, 0) is 38.0 Å². The maximum atomic E-state index is 12.3. The number of imide groups is 1. The molecule has 5 heteroatoms. The summed E-state index contributed by atoms with van der Waals surface area (Å²) < 4.78 is 0. The minimum absolute atomic E-state index is 0.0535. The molecule has 0 saturated carbocycles. The number of carbonyl (C=O) groups excluding carboxylic acids is 2. The van der Waals surface area contributed by atoms with Gasteiger partial charge >= 0.3 is 0 Å². The summed E-state index contributed by atoms with van der Waals surface area (Å²) in [5.41, 5.74) is 1.80. The number of rotatable bonds is 4. The Morgan fingerprint density at radius 1 is 1.45 bits per heavy atom. The van der Waals surface area contributed by atoms with Gasteiger partial charge in [-0.1, -0.05) is 24.6 Å². The minimum atomic E-state index is -0.492. The van der Waals surface area contributed by atoms with Crippen LogP contribution in [-0.4, -0.2) is 28.8 Å². The molecule has 2 rings (SSSR count). The van der Waals surface area contributed by atoms with Gasteiger partial charge in [-0.2, -0.15) is 0 Å². The van der Waals surface area contributed by atoms with Crippen LogP contribution < -0.4 is 5.32 Å². The number of benzene rings is 1. The topological polar surface area (TPSA) is 49.4 Å². The Kier molecular flexibility index (Phi) is 4.33. The van der Waals surface area contributed by atoms with Crippen LogP contribution in [0.1, 0.15) is 32.3 Å². The Bertz CT molecular complexity index is 545. The van der Waals surface area contributed by atoms with Gasteiger partial charge in [-0.15, -0.1) is 0 Å². The van der Waals surface area contributed by atoms with E-state index in [9.17, 15) is 9.59 Å². The Labute approximate surface area is 124 Å². The van der Waals surface area contributed by atoms with Gasteiger partial charge in [0.2, 0.25) is 5.91 Å². The number of carbonyl (C=O) groups is 2. The predicted octanol–water partition coefficient (Wildman–Crippen LogP) is 2.99. The summed E-state index contributed by atoms with van der Waals surface area (Å²) in [5, 5.41) is 3.75. The number of aryl methyl sites for hydroxylation is 1. The number of likely N-dealkylation sites (tertiary alicyclic amines) is 1. The van der Waals surface area contributed by atoms with Crippen LogP contribution in [-0.2, 0) is 9.59 Å². The fraction of sp³-hybridized carbons (Fsp3) is 0.467. The monoisotopic (exact) mass is 294 g/mol. The molecule has 0 radical (unpaired) electrons. The molecule has 1 saturated heterocycles. The molecule has 2 amide bonds. The number of nitrogens with zero attached hydrogens (tertiary/aromatic N) is 1. The van der Waals surface area contributed by atoms with E-state index in [0.29, 0.717) is 5.02 Å². The summed E-state index contributed by atoms with van der Waals surface area (Å²) >= 11 is 5.97. The van der Waals surface area contributed by atoms with Crippen LogP contribution in [0, 0.1) is 6.92 Å². The zero-order valence-electron chi connectivity index (χ0n) is 11.9. The molecule has 1 N–H and O–H groups in total. The molecule has 20 heavy (non-hydrogen) atoms. The van der Waals surface area contributed by atoms with E-state index >= 15 is 0 Å². The van der Waals surface area contributed by atoms with E-state index in [1.54, 1.807) is 12.1 Å². The molecule has 1 aliphatic heterocycles. The molecule has 1 heterocycles. The van der Waals surface area contributed by atoms with Crippen molar-refractivity contribution >= 4 is 29.1 Å². The normalized spacial score (nSPS) is 20.4. The second-order valence-corrected chi connectivity index (χ2v) is 5.66. The number of hydrogen-bond donors (Lipinski definition) is 1. The highest BCUT2D eigenvalue weighted by atomic mass is 35.5. The fourth-order valence-electron chi connectivity index (χ4n) is 2.35. The lowest BCUT2D eigenvalue weighted by Crippen LogP contribution is -2.40. The number of amides is 2. The lowest BCUT2D eigenvalue weighted by atomic mass is 10.1. The number of anilines is 1. The van der Waals surface area contributed by atoms with Gasteiger partial charge in [-0.25, -0.2) is 0 Å². The van der Waals surface area contributed by atoms with E-state index in [2.05, 4.69) is 5.32 Å². The molecule has 0 aliphatic carbocycles. The van der Waals surface area contributed by atoms with Crippen molar-refractivity contribution < 1.29 is 9.59 Å². The summed E-state index contributed by atoms with van der Waals surface area (Å²) in [6, 6.07) is 4.92. The highest BCUT2D eigenvalue weighted by Gasteiger charge is 2.40. The second kappa shape index (κ2) is 5.83. The third-order valence-electron chi connectivity index (χ3n) is 3.74. The van der Waals surface area contributed by atoms with Crippen molar-refractivity contribution in [1.29, 1.82) is 0 Å². The van der Waals surface area contributed by atoms with E-state index in [-0.39, 0.29) is 24.3 Å². The molecule has 0 bridgehead atoms. The summed E-state index contributed by atoms with van der Waals surface area (Å²) in [5.74, 6) is -0.259. The van der Waals surface area contributed by atoms with Gasteiger partial charge in [-0.3, -0.25) is 14.5 Å². The zero-order valence-corrected chi connectivity index (χ0v) is 12.7. The van der Waals surface area contributed by atoms with Crippen LogP contribution in [0.25, 0.3) is 0 Å². The zero-order chi connectivity index (χ0) is 14.9. The Balaban J connectivity index is 2.17. The van der Waals surface area contributed by atoms with Crippen molar-refractivity contribution in [3.05, 3.63) is 28.8 Å². The summed E-state index contributed by atoms with van der Waals surface area (Å²) in [4.78, 5) is 25.7. The molecule has 1 aliphatic rings.